The summed E-state index contributed by atoms with van der Waals surface area (Å²) in [5.74, 6) is -1.90. The van der Waals surface area contributed by atoms with E-state index in [0.29, 0.717) is 35.3 Å². The molecule has 0 radical (unpaired) electrons. The molecule has 0 aliphatic carbocycles. The number of piperidine rings is 1. The van der Waals surface area contributed by atoms with Crippen molar-refractivity contribution in [1.82, 2.24) is 14.5 Å². The van der Waals surface area contributed by atoms with Gasteiger partial charge in [0.25, 0.3) is 11.5 Å². The van der Waals surface area contributed by atoms with Crippen molar-refractivity contribution in [2.45, 2.75) is 33.7 Å². The van der Waals surface area contributed by atoms with Crippen molar-refractivity contribution in [2.24, 2.45) is 11.8 Å². The number of para-hydroxylation sites is 1. The number of aromatic nitrogens is 2. The lowest BCUT2D eigenvalue weighted by Gasteiger charge is -2.35. The van der Waals surface area contributed by atoms with Gasteiger partial charge in [-0.25, -0.2) is 13.8 Å². The van der Waals surface area contributed by atoms with Gasteiger partial charge in [-0.2, -0.15) is 0 Å². The van der Waals surface area contributed by atoms with Crippen molar-refractivity contribution in [3.05, 3.63) is 57.0 Å². The van der Waals surface area contributed by atoms with E-state index in [2.05, 4.69) is 24.1 Å². The van der Waals surface area contributed by atoms with Crippen molar-refractivity contribution in [2.75, 3.05) is 18.4 Å². The molecule has 3 heterocycles. The van der Waals surface area contributed by atoms with Crippen LogP contribution < -0.4 is 10.9 Å². The molecule has 33 heavy (non-hydrogen) atoms. The van der Waals surface area contributed by atoms with Crippen LogP contribution >= 0.6 is 11.3 Å². The quantitative estimate of drug-likeness (QED) is 0.624. The largest absolute Gasteiger partial charge is 0.341 e. The summed E-state index contributed by atoms with van der Waals surface area (Å²) >= 11 is 0.957. The van der Waals surface area contributed by atoms with Crippen LogP contribution in [0, 0.1) is 30.4 Å². The molecule has 1 aliphatic rings. The molecule has 7 nitrogen and oxygen atoms in total. The van der Waals surface area contributed by atoms with Gasteiger partial charge in [0.05, 0.1) is 16.6 Å². The Hall–Kier alpha value is -3.14. The molecule has 0 saturated carbocycles. The lowest BCUT2D eigenvalue weighted by Crippen LogP contribution is -2.44. The number of hydrogen-bond donors (Lipinski definition) is 1. The summed E-state index contributed by atoms with van der Waals surface area (Å²) in [7, 11) is 0. The SMILES string of the molecule is Cc1c(C(=O)Nc2c(F)cccc2F)sc2ncn(CC(=O)N3CC(C)CC(C)C3)c(=O)c12. The third-order valence-electron chi connectivity index (χ3n) is 5.85. The minimum atomic E-state index is -0.901. The lowest BCUT2D eigenvalue weighted by molar-refractivity contribution is -0.134. The number of nitrogens with zero attached hydrogens (tertiary/aromatic N) is 3. The van der Waals surface area contributed by atoms with E-state index in [1.165, 1.54) is 17.0 Å². The number of hydrogen-bond acceptors (Lipinski definition) is 5. The minimum Gasteiger partial charge on any atom is -0.341 e. The summed E-state index contributed by atoms with van der Waals surface area (Å²) in [5, 5.41) is 2.46. The number of amides is 2. The summed E-state index contributed by atoms with van der Waals surface area (Å²) in [6.07, 6.45) is 2.36. The molecule has 1 fully saturated rings. The number of likely N-dealkylation sites (tertiary alicyclic amines) is 1. The molecule has 1 N–H and O–H groups in total. The second kappa shape index (κ2) is 9.01. The molecule has 10 heteroatoms. The average Bonchev–Trinajstić information content (AvgIpc) is 3.09. The fourth-order valence-corrected chi connectivity index (χ4v) is 5.42. The molecule has 2 aromatic heterocycles. The van der Waals surface area contributed by atoms with Crippen LogP contribution in [-0.4, -0.2) is 39.4 Å². The molecular weight excluding hydrogens is 450 g/mol. The van der Waals surface area contributed by atoms with Gasteiger partial charge in [-0.15, -0.1) is 11.3 Å². The van der Waals surface area contributed by atoms with E-state index >= 15 is 0 Å². The highest BCUT2D eigenvalue weighted by atomic mass is 32.1. The normalized spacial score (nSPS) is 18.5. The highest BCUT2D eigenvalue weighted by Gasteiger charge is 2.26. The van der Waals surface area contributed by atoms with E-state index in [9.17, 15) is 23.2 Å². The van der Waals surface area contributed by atoms with Crippen molar-refractivity contribution in [3.63, 3.8) is 0 Å². The molecule has 0 spiro atoms. The minimum absolute atomic E-state index is 0.125. The van der Waals surface area contributed by atoms with Crippen molar-refractivity contribution in [3.8, 4) is 0 Å². The topological polar surface area (TPSA) is 84.3 Å². The van der Waals surface area contributed by atoms with E-state index in [4.69, 9.17) is 0 Å². The van der Waals surface area contributed by atoms with Crippen LogP contribution in [0.2, 0.25) is 0 Å². The molecule has 1 aromatic carbocycles. The molecule has 4 rings (SSSR count). The van der Waals surface area contributed by atoms with Crippen molar-refractivity contribution in [1.29, 1.82) is 0 Å². The fraction of sp³-hybridized carbons (Fsp3) is 0.391. The lowest BCUT2D eigenvalue weighted by atomic mass is 9.92. The van der Waals surface area contributed by atoms with E-state index in [0.717, 1.165) is 29.9 Å². The predicted molar refractivity (Wildman–Crippen MR) is 122 cm³/mol. The standard InChI is InChI=1S/C23H24F2N4O3S/c1-12-7-13(2)9-28(8-12)17(30)10-29-11-26-22-18(23(29)32)14(3)20(33-22)21(31)27-19-15(24)5-4-6-16(19)25/h4-6,11-13H,7-10H2,1-3H3,(H,27,31). The maximum Gasteiger partial charge on any atom is 0.266 e. The van der Waals surface area contributed by atoms with Gasteiger partial charge in [-0.1, -0.05) is 19.9 Å². The number of benzene rings is 1. The number of nitrogens with one attached hydrogen (secondary N) is 1. The zero-order valence-corrected chi connectivity index (χ0v) is 19.3. The number of thiophene rings is 1. The van der Waals surface area contributed by atoms with Crippen molar-refractivity contribution < 1.29 is 18.4 Å². The van der Waals surface area contributed by atoms with Gasteiger partial charge < -0.3 is 10.2 Å². The Kier molecular flexibility index (Phi) is 6.29. The highest BCUT2D eigenvalue weighted by molar-refractivity contribution is 7.20. The van der Waals surface area contributed by atoms with Crippen LogP contribution in [0.15, 0.2) is 29.3 Å². The molecular formula is C23H24F2N4O3S. The molecule has 1 saturated heterocycles. The first-order valence-electron chi connectivity index (χ1n) is 10.7. The van der Waals surface area contributed by atoms with Gasteiger partial charge in [0.15, 0.2) is 0 Å². The third-order valence-corrected chi connectivity index (χ3v) is 7.05. The molecule has 2 atom stereocenters. The number of carbonyl (C=O) groups excluding carboxylic acids is 2. The number of carbonyl (C=O) groups is 2. The number of aryl methyl sites for hydroxylation is 1. The first-order valence-corrected chi connectivity index (χ1v) is 11.5. The van der Waals surface area contributed by atoms with Gasteiger partial charge in [-0.3, -0.25) is 19.0 Å². The number of anilines is 1. The first-order chi connectivity index (χ1) is 15.7. The van der Waals surface area contributed by atoms with E-state index in [1.54, 1.807) is 11.8 Å². The van der Waals surface area contributed by atoms with Gasteiger partial charge in [0.2, 0.25) is 5.91 Å². The van der Waals surface area contributed by atoms with Gasteiger partial charge in [-0.05, 0) is 42.9 Å². The Morgan fingerprint density at radius 1 is 1.18 bits per heavy atom. The van der Waals surface area contributed by atoms with Crippen LogP contribution in [-0.2, 0) is 11.3 Å². The zero-order valence-electron chi connectivity index (χ0n) is 18.5. The summed E-state index contributed by atoms with van der Waals surface area (Å²) in [5.41, 5.74) is -0.639. The number of fused-ring (bicyclic) bond motifs is 1. The van der Waals surface area contributed by atoms with E-state index in [1.807, 2.05) is 0 Å². The molecule has 174 valence electrons. The van der Waals surface area contributed by atoms with E-state index < -0.39 is 28.8 Å². The highest BCUT2D eigenvalue weighted by Crippen LogP contribution is 2.29. The van der Waals surface area contributed by atoms with Gasteiger partial charge in [0, 0.05) is 13.1 Å². The second-order valence-corrected chi connectivity index (χ2v) is 9.71. The molecule has 3 aromatic rings. The maximum absolute atomic E-state index is 13.9. The van der Waals surface area contributed by atoms with Crippen LogP contribution in [0.3, 0.4) is 0 Å². The summed E-state index contributed by atoms with van der Waals surface area (Å²) in [4.78, 5) is 45.1. The first kappa shape index (κ1) is 23.0. The maximum atomic E-state index is 13.9. The Balaban J connectivity index is 1.61. The van der Waals surface area contributed by atoms with Gasteiger partial charge >= 0.3 is 0 Å². The molecule has 0 bridgehead atoms. The van der Waals surface area contributed by atoms with Crippen LogP contribution in [0.1, 0.15) is 35.5 Å². The zero-order chi connectivity index (χ0) is 23.9. The van der Waals surface area contributed by atoms with Crippen LogP contribution in [0.25, 0.3) is 10.2 Å². The second-order valence-electron chi connectivity index (χ2n) is 8.71. The summed E-state index contributed by atoms with van der Waals surface area (Å²) in [6.45, 7) is 6.95. The summed E-state index contributed by atoms with van der Waals surface area (Å²) < 4.78 is 29.1. The molecule has 1 aliphatic heterocycles. The number of rotatable bonds is 4. The Morgan fingerprint density at radius 3 is 2.45 bits per heavy atom. The predicted octanol–water partition coefficient (Wildman–Crippen LogP) is 3.80. The van der Waals surface area contributed by atoms with Crippen LogP contribution in [0.4, 0.5) is 14.5 Å². The third kappa shape index (κ3) is 4.52. The Labute approximate surface area is 193 Å². The monoisotopic (exact) mass is 474 g/mol. The molecule has 2 amide bonds. The fourth-order valence-electron chi connectivity index (χ4n) is 4.39. The Morgan fingerprint density at radius 2 is 1.82 bits per heavy atom. The van der Waals surface area contributed by atoms with Crippen LogP contribution in [0.5, 0.6) is 0 Å². The van der Waals surface area contributed by atoms with E-state index in [-0.39, 0.29) is 22.7 Å². The molecule has 2 unspecified atom stereocenters. The number of halogens is 2. The van der Waals surface area contributed by atoms with Gasteiger partial charge in [0.1, 0.15) is 28.7 Å². The smallest absolute Gasteiger partial charge is 0.266 e. The Bertz CT molecular complexity index is 1270. The summed E-state index contributed by atoms with van der Waals surface area (Å²) in [6, 6.07) is 3.28. The average molecular weight is 475 g/mol. The van der Waals surface area contributed by atoms with Crippen molar-refractivity contribution >= 4 is 39.1 Å².